The molecule has 1 aromatic carbocycles. The first kappa shape index (κ1) is 14.0. The Hall–Kier alpha value is -1.07. The first-order valence-corrected chi connectivity index (χ1v) is 6.01. The van der Waals surface area contributed by atoms with Gasteiger partial charge in [-0.1, -0.05) is 33.6 Å². The van der Waals surface area contributed by atoms with Gasteiger partial charge in [0.25, 0.3) is 0 Å². The minimum atomic E-state index is -0.997. The topological polar surface area (TPSA) is 66.4 Å². The molecular weight excluding hydrogens is 309 g/mol. The normalized spacial score (nSPS) is 11.9. The number of rotatable bonds is 4. The van der Waals surface area contributed by atoms with E-state index >= 15 is 0 Å². The minimum Gasteiger partial charge on any atom is -0.481 e. The van der Waals surface area contributed by atoms with E-state index in [0.717, 1.165) is 4.47 Å². The van der Waals surface area contributed by atoms with Crippen molar-refractivity contribution in [3.63, 3.8) is 0 Å². The molecule has 1 aromatic rings. The molecule has 92 valence electrons. The molecule has 1 rings (SSSR count). The molecule has 17 heavy (non-hydrogen) atoms. The van der Waals surface area contributed by atoms with Crippen LogP contribution in [0.25, 0.3) is 0 Å². The number of nitrogens with one attached hydrogen (secondary N) is 1. The third-order valence-corrected chi connectivity index (χ3v) is 2.91. The average molecular weight is 321 g/mol. The van der Waals surface area contributed by atoms with E-state index in [2.05, 4.69) is 21.2 Å². The lowest BCUT2D eigenvalue weighted by Gasteiger charge is -2.17. The van der Waals surface area contributed by atoms with E-state index in [1.807, 2.05) is 0 Å². The average Bonchev–Trinajstić information content (AvgIpc) is 2.14. The molecule has 0 radical (unpaired) electrons. The number of aliphatic carboxylic acids is 1. The number of hydrogen-bond acceptors (Lipinski definition) is 2. The van der Waals surface area contributed by atoms with Crippen molar-refractivity contribution in [2.75, 3.05) is 0 Å². The predicted molar refractivity (Wildman–Crippen MR) is 68.0 cm³/mol. The maximum Gasteiger partial charge on any atom is 0.305 e. The van der Waals surface area contributed by atoms with Crippen LogP contribution >= 0.6 is 27.5 Å². The summed E-state index contributed by atoms with van der Waals surface area (Å²) in [4.78, 5) is 21.8. The van der Waals surface area contributed by atoms with E-state index < -0.39 is 12.0 Å². The van der Waals surface area contributed by atoms with E-state index in [4.69, 9.17) is 16.7 Å². The highest BCUT2D eigenvalue weighted by molar-refractivity contribution is 9.10. The summed E-state index contributed by atoms with van der Waals surface area (Å²) in [7, 11) is 0. The van der Waals surface area contributed by atoms with Gasteiger partial charge in [0.2, 0.25) is 5.91 Å². The van der Waals surface area contributed by atoms with Crippen molar-refractivity contribution in [3.05, 3.63) is 33.3 Å². The Balaban J connectivity index is 3.02. The third-order valence-electron chi connectivity index (χ3n) is 2.09. The minimum absolute atomic E-state index is 0.207. The SMILES string of the molecule is CC(=O)NC(CC(=O)O)c1ccc(Br)cc1Cl. The van der Waals surface area contributed by atoms with Gasteiger partial charge in [0.15, 0.2) is 0 Å². The zero-order chi connectivity index (χ0) is 13.0. The quantitative estimate of drug-likeness (QED) is 0.896. The van der Waals surface area contributed by atoms with Crippen LogP contribution in [0, 0.1) is 0 Å². The van der Waals surface area contributed by atoms with Crippen molar-refractivity contribution in [3.8, 4) is 0 Å². The van der Waals surface area contributed by atoms with Crippen molar-refractivity contribution in [1.82, 2.24) is 5.32 Å². The van der Waals surface area contributed by atoms with Crippen LogP contribution in [0.15, 0.2) is 22.7 Å². The molecule has 0 saturated heterocycles. The van der Waals surface area contributed by atoms with Crippen molar-refractivity contribution in [2.24, 2.45) is 0 Å². The van der Waals surface area contributed by atoms with Crippen LogP contribution in [0.5, 0.6) is 0 Å². The number of hydrogen-bond donors (Lipinski definition) is 2. The van der Waals surface area contributed by atoms with Crippen LogP contribution in [0.3, 0.4) is 0 Å². The summed E-state index contributed by atoms with van der Waals surface area (Å²) >= 11 is 9.28. The van der Waals surface area contributed by atoms with Gasteiger partial charge in [0.05, 0.1) is 12.5 Å². The van der Waals surface area contributed by atoms with Gasteiger partial charge in [0.1, 0.15) is 0 Å². The second kappa shape index (κ2) is 6.02. The number of carbonyl (C=O) groups excluding carboxylic acids is 1. The standard InChI is InChI=1S/C11H11BrClNO3/c1-6(15)14-10(5-11(16)17)8-3-2-7(12)4-9(8)13/h2-4,10H,5H2,1H3,(H,14,15)(H,16,17). The summed E-state index contributed by atoms with van der Waals surface area (Å²) in [5.41, 5.74) is 0.590. The first-order chi connectivity index (χ1) is 7.90. The fourth-order valence-corrected chi connectivity index (χ4v) is 2.25. The van der Waals surface area contributed by atoms with Crippen molar-refractivity contribution in [2.45, 2.75) is 19.4 Å². The van der Waals surface area contributed by atoms with E-state index in [1.165, 1.54) is 6.92 Å². The Morgan fingerprint density at radius 2 is 2.18 bits per heavy atom. The Morgan fingerprint density at radius 1 is 1.53 bits per heavy atom. The molecule has 1 atom stereocenters. The molecule has 0 spiro atoms. The summed E-state index contributed by atoms with van der Waals surface area (Å²) in [6.07, 6.45) is -0.207. The van der Waals surface area contributed by atoms with Gasteiger partial charge >= 0.3 is 5.97 Å². The molecule has 0 aliphatic heterocycles. The van der Waals surface area contributed by atoms with E-state index in [1.54, 1.807) is 18.2 Å². The van der Waals surface area contributed by atoms with E-state index in [9.17, 15) is 9.59 Å². The Labute approximate surface area is 112 Å². The highest BCUT2D eigenvalue weighted by Gasteiger charge is 2.19. The number of amides is 1. The Kier molecular flexibility index (Phi) is 4.96. The van der Waals surface area contributed by atoms with Gasteiger partial charge in [-0.2, -0.15) is 0 Å². The van der Waals surface area contributed by atoms with Gasteiger partial charge in [-0.05, 0) is 17.7 Å². The van der Waals surface area contributed by atoms with Crippen molar-refractivity contribution >= 4 is 39.4 Å². The molecule has 6 heteroatoms. The van der Waals surface area contributed by atoms with E-state index in [-0.39, 0.29) is 12.3 Å². The fraction of sp³-hybridized carbons (Fsp3) is 0.273. The second-order valence-corrected chi connectivity index (χ2v) is 4.84. The summed E-state index contributed by atoms with van der Waals surface area (Å²) in [6, 6.07) is 4.48. The summed E-state index contributed by atoms with van der Waals surface area (Å²) in [6.45, 7) is 1.33. The lowest BCUT2D eigenvalue weighted by atomic mass is 10.0. The Morgan fingerprint density at radius 3 is 2.65 bits per heavy atom. The molecule has 1 amide bonds. The van der Waals surface area contributed by atoms with Gasteiger partial charge in [-0.25, -0.2) is 0 Å². The molecule has 4 nitrogen and oxygen atoms in total. The lowest BCUT2D eigenvalue weighted by Crippen LogP contribution is -2.28. The fourth-order valence-electron chi connectivity index (χ4n) is 1.44. The number of carboxylic acids is 1. The third kappa shape index (κ3) is 4.36. The van der Waals surface area contributed by atoms with Gasteiger partial charge in [-0.3, -0.25) is 9.59 Å². The summed E-state index contributed by atoms with van der Waals surface area (Å²) in [5.74, 6) is -1.29. The second-order valence-electron chi connectivity index (χ2n) is 3.52. The van der Waals surface area contributed by atoms with Crippen molar-refractivity contribution in [1.29, 1.82) is 0 Å². The zero-order valence-electron chi connectivity index (χ0n) is 9.04. The number of carboxylic acid groups (broad SMARTS) is 1. The first-order valence-electron chi connectivity index (χ1n) is 4.84. The summed E-state index contributed by atoms with van der Waals surface area (Å²) in [5, 5.41) is 11.8. The lowest BCUT2D eigenvalue weighted by molar-refractivity contribution is -0.137. The summed E-state index contributed by atoms with van der Waals surface area (Å²) < 4.78 is 0.795. The maximum absolute atomic E-state index is 11.0. The number of carbonyl (C=O) groups is 2. The smallest absolute Gasteiger partial charge is 0.305 e. The molecule has 0 saturated carbocycles. The largest absolute Gasteiger partial charge is 0.481 e. The highest BCUT2D eigenvalue weighted by Crippen LogP contribution is 2.28. The molecule has 0 bridgehead atoms. The van der Waals surface area contributed by atoms with Crippen LogP contribution in [-0.4, -0.2) is 17.0 Å². The Bertz CT molecular complexity index is 434. The van der Waals surface area contributed by atoms with Crippen LogP contribution < -0.4 is 5.32 Å². The van der Waals surface area contributed by atoms with E-state index in [0.29, 0.717) is 10.6 Å². The maximum atomic E-state index is 11.0. The molecule has 1 unspecified atom stereocenters. The molecule has 0 aliphatic rings. The van der Waals surface area contributed by atoms with Crippen LogP contribution in [0.2, 0.25) is 5.02 Å². The van der Waals surface area contributed by atoms with Crippen molar-refractivity contribution < 1.29 is 14.7 Å². The molecule has 0 aromatic heterocycles. The molecule has 0 fully saturated rings. The monoisotopic (exact) mass is 319 g/mol. The van der Waals surface area contributed by atoms with Gasteiger partial charge in [-0.15, -0.1) is 0 Å². The molecule has 0 heterocycles. The molecule has 0 aliphatic carbocycles. The van der Waals surface area contributed by atoms with Gasteiger partial charge < -0.3 is 10.4 Å². The molecular formula is C11H11BrClNO3. The number of halogens is 2. The zero-order valence-corrected chi connectivity index (χ0v) is 11.4. The highest BCUT2D eigenvalue weighted by atomic mass is 79.9. The van der Waals surface area contributed by atoms with Crippen LogP contribution in [0.1, 0.15) is 24.9 Å². The predicted octanol–water partition coefficient (Wildman–Crippen LogP) is 2.75. The molecule has 2 N–H and O–H groups in total. The number of benzene rings is 1. The van der Waals surface area contributed by atoms with Crippen LogP contribution in [-0.2, 0) is 9.59 Å². The van der Waals surface area contributed by atoms with Crippen LogP contribution in [0.4, 0.5) is 0 Å². The van der Waals surface area contributed by atoms with Gasteiger partial charge in [0, 0.05) is 16.4 Å².